The Morgan fingerprint density at radius 3 is 2.70 bits per heavy atom. The number of nitrogens with zero attached hydrogens (tertiary/aromatic N) is 1. The van der Waals surface area contributed by atoms with Crippen LogP contribution in [0.15, 0.2) is 29.3 Å². The molecule has 23 heavy (non-hydrogen) atoms. The first-order valence-electron chi connectivity index (χ1n) is 7.24. The lowest BCUT2D eigenvalue weighted by Gasteiger charge is -2.11. The van der Waals surface area contributed by atoms with E-state index in [0.29, 0.717) is 32.2 Å². The number of hydrogen-bond acceptors (Lipinski definition) is 3. The number of benzene rings is 1. The number of rotatable bonds is 8. The minimum absolute atomic E-state index is 0.173. The second-order valence-electron chi connectivity index (χ2n) is 4.67. The Morgan fingerprint density at radius 1 is 1.26 bits per heavy atom. The van der Waals surface area contributed by atoms with Crippen LogP contribution in [0.25, 0.3) is 0 Å². The van der Waals surface area contributed by atoms with Crippen molar-refractivity contribution in [1.82, 2.24) is 10.6 Å². The summed E-state index contributed by atoms with van der Waals surface area (Å²) in [5.41, 5.74) is 0.758. The molecule has 5 nitrogen and oxygen atoms in total. The SMILES string of the molecule is CCNC(=NCc1cccc(OCC(F)(F)F)c1)NCCOC. The summed E-state index contributed by atoms with van der Waals surface area (Å²) in [5, 5.41) is 6.16. The molecule has 0 aliphatic rings. The topological polar surface area (TPSA) is 54.9 Å². The molecule has 0 saturated carbocycles. The van der Waals surface area contributed by atoms with Gasteiger partial charge in [0.1, 0.15) is 5.75 Å². The fraction of sp³-hybridized carbons (Fsp3) is 0.533. The van der Waals surface area contributed by atoms with Crippen LogP contribution in [0.3, 0.4) is 0 Å². The molecule has 130 valence electrons. The number of halogens is 3. The van der Waals surface area contributed by atoms with Crippen molar-refractivity contribution in [2.45, 2.75) is 19.6 Å². The molecule has 2 N–H and O–H groups in total. The molecule has 8 heteroatoms. The second kappa shape index (κ2) is 9.94. The fourth-order valence-corrected chi connectivity index (χ4v) is 1.68. The summed E-state index contributed by atoms with van der Waals surface area (Å²) >= 11 is 0. The van der Waals surface area contributed by atoms with Gasteiger partial charge >= 0.3 is 6.18 Å². The number of methoxy groups -OCH3 is 1. The van der Waals surface area contributed by atoms with Gasteiger partial charge in [-0.25, -0.2) is 4.99 Å². The van der Waals surface area contributed by atoms with Crippen molar-refractivity contribution in [3.8, 4) is 5.75 Å². The predicted octanol–water partition coefficient (Wildman–Crippen LogP) is 2.33. The third kappa shape index (κ3) is 8.92. The Morgan fingerprint density at radius 2 is 2.04 bits per heavy atom. The van der Waals surface area contributed by atoms with Crippen LogP contribution in [0.4, 0.5) is 13.2 Å². The largest absolute Gasteiger partial charge is 0.484 e. The van der Waals surface area contributed by atoms with Gasteiger partial charge in [0.15, 0.2) is 12.6 Å². The molecule has 1 aromatic carbocycles. The summed E-state index contributed by atoms with van der Waals surface area (Å²) in [6.45, 7) is 2.82. The molecule has 1 aromatic rings. The van der Waals surface area contributed by atoms with Gasteiger partial charge in [-0.3, -0.25) is 0 Å². The number of nitrogens with one attached hydrogen (secondary N) is 2. The normalized spacial score (nSPS) is 12.1. The van der Waals surface area contributed by atoms with Crippen LogP contribution >= 0.6 is 0 Å². The maximum Gasteiger partial charge on any atom is 0.422 e. The van der Waals surface area contributed by atoms with Gasteiger partial charge < -0.3 is 20.1 Å². The van der Waals surface area contributed by atoms with E-state index in [1.54, 1.807) is 25.3 Å². The highest BCUT2D eigenvalue weighted by Crippen LogP contribution is 2.19. The number of alkyl halides is 3. The van der Waals surface area contributed by atoms with E-state index in [0.717, 1.165) is 5.56 Å². The van der Waals surface area contributed by atoms with Crippen LogP contribution in [0.5, 0.6) is 5.75 Å². The Labute approximate surface area is 133 Å². The fourth-order valence-electron chi connectivity index (χ4n) is 1.68. The highest BCUT2D eigenvalue weighted by atomic mass is 19.4. The maximum atomic E-state index is 12.2. The Kier molecular flexibility index (Phi) is 8.25. The van der Waals surface area contributed by atoms with Gasteiger partial charge in [0.05, 0.1) is 13.2 Å². The van der Waals surface area contributed by atoms with Crippen LogP contribution in [-0.4, -0.2) is 45.5 Å². The number of ether oxygens (including phenoxy) is 2. The molecule has 0 aliphatic carbocycles. The van der Waals surface area contributed by atoms with E-state index < -0.39 is 12.8 Å². The van der Waals surface area contributed by atoms with Gasteiger partial charge in [-0.1, -0.05) is 12.1 Å². The molecule has 0 amide bonds. The monoisotopic (exact) mass is 333 g/mol. The molecule has 0 heterocycles. The van der Waals surface area contributed by atoms with Crippen molar-refractivity contribution in [1.29, 1.82) is 0 Å². The molecule has 0 aromatic heterocycles. The second-order valence-corrected chi connectivity index (χ2v) is 4.67. The Balaban J connectivity index is 2.61. The smallest absolute Gasteiger partial charge is 0.422 e. The molecular weight excluding hydrogens is 311 g/mol. The first-order valence-corrected chi connectivity index (χ1v) is 7.24. The summed E-state index contributed by atoms with van der Waals surface area (Å²) < 4.78 is 46.1. The maximum absolute atomic E-state index is 12.2. The number of aliphatic imine (C=N–C) groups is 1. The van der Waals surface area contributed by atoms with Crippen molar-refractivity contribution in [3.63, 3.8) is 0 Å². The third-order valence-electron chi connectivity index (χ3n) is 2.66. The molecule has 0 bridgehead atoms. The molecule has 0 aliphatic heterocycles. The van der Waals surface area contributed by atoms with Crippen molar-refractivity contribution in [2.24, 2.45) is 4.99 Å². The Hall–Kier alpha value is -1.96. The van der Waals surface area contributed by atoms with Crippen molar-refractivity contribution in [3.05, 3.63) is 29.8 Å². The lowest BCUT2D eigenvalue weighted by atomic mass is 10.2. The minimum atomic E-state index is -4.35. The molecule has 0 unspecified atom stereocenters. The van der Waals surface area contributed by atoms with Crippen LogP contribution in [0.2, 0.25) is 0 Å². The Bertz CT molecular complexity index is 493. The lowest BCUT2D eigenvalue weighted by molar-refractivity contribution is -0.153. The van der Waals surface area contributed by atoms with E-state index in [2.05, 4.69) is 15.6 Å². The lowest BCUT2D eigenvalue weighted by Crippen LogP contribution is -2.38. The minimum Gasteiger partial charge on any atom is -0.484 e. The van der Waals surface area contributed by atoms with Crippen molar-refractivity contribution in [2.75, 3.05) is 33.4 Å². The van der Waals surface area contributed by atoms with E-state index >= 15 is 0 Å². The highest BCUT2D eigenvalue weighted by Gasteiger charge is 2.28. The van der Waals surface area contributed by atoms with E-state index in [9.17, 15) is 13.2 Å². The number of guanidine groups is 1. The van der Waals surface area contributed by atoms with Crippen LogP contribution in [0, 0.1) is 0 Å². The van der Waals surface area contributed by atoms with E-state index in [1.165, 1.54) is 6.07 Å². The molecule has 0 spiro atoms. The average Bonchev–Trinajstić information content (AvgIpc) is 2.50. The van der Waals surface area contributed by atoms with Gasteiger partial charge in [0, 0.05) is 20.2 Å². The molecule has 0 radical (unpaired) electrons. The zero-order valence-electron chi connectivity index (χ0n) is 13.2. The van der Waals surface area contributed by atoms with Crippen LogP contribution in [0.1, 0.15) is 12.5 Å². The first kappa shape index (κ1) is 19.1. The molecular formula is C15H22F3N3O2. The van der Waals surface area contributed by atoms with Crippen LogP contribution < -0.4 is 15.4 Å². The van der Waals surface area contributed by atoms with E-state index in [4.69, 9.17) is 9.47 Å². The summed E-state index contributed by atoms with van der Waals surface area (Å²) in [7, 11) is 1.61. The summed E-state index contributed by atoms with van der Waals surface area (Å²) in [4.78, 5) is 4.37. The van der Waals surface area contributed by atoms with Crippen molar-refractivity contribution >= 4 is 5.96 Å². The zero-order valence-corrected chi connectivity index (χ0v) is 13.2. The van der Waals surface area contributed by atoms with E-state index in [1.807, 2.05) is 6.92 Å². The van der Waals surface area contributed by atoms with Gasteiger partial charge in [0.25, 0.3) is 0 Å². The van der Waals surface area contributed by atoms with E-state index in [-0.39, 0.29) is 5.75 Å². The molecule has 0 saturated heterocycles. The summed E-state index contributed by atoms with van der Waals surface area (Å²) in [6, 6.07) is 6.46. The molecule has 0 atom stereocenters. The predicted molar refractivity (Wildman–Crippen MR) is 82.7 cm³/mol. The summed E-state index contributed by atoms with van der Waals surface area (Å²) in [5.74, 6) is 0.790. The first-order chi connectivity index (χ1) is 10.9. The average molecular weight is 333 g/mol. The molecule has 1 rings (SSSR count). The number of hydrogen-bond donors (Lipinski definition) is 2. The highest BCUT2D eigenvalue weighted by molar-refractivity contribution is 5.79. The zero-order chi connectivity index (χ0) is 17.1. The van der Waals surface area contributed by atoms with Gasteiger partial charge in [-0.05, 0) is 24.6 Å². The van der Waals surface area contributed by atoms with Gasteiger partial charge in [-0.15, -0.1) is 0 Å². The van der Waals surface area contributed by atoms with Crippen molar-refractivity contribution < 1.29 is 22.6 Å². The van der Waals surface area contributed by atoms with Gasteiger partial charge in [-0.2, -0.15) is 13.2 Å². The summed E-state index contributed by atoms with van der Waals surface area (Å²) in [6.07, 6.45) is -4.35. The van der Waals surface area contributed by atoms with Crippen LogP contribution in [-0.2, 0) is 11.3 Å². The quantitative estimate of drug-likeness (QED) is 0.436. The standard InChI is InChI=1S/C15H22F3N3O2/c1-3-19-14(20-7-8-22-2)21-10-12-5-4-6-13(9-12)23-11-15(16,17)18/h4-6,9H,3,7-8,10-11H2,1-2H3,(H2,19,20,21). The molecule has 0 fully saturated rings. The third-order valence-corrected chi connectivity index (χ3v) is 2.66. The van der Waals surface area contributed by atoms with Gasteiger partial charge in [0.2, 0.25) is 0 Å².